The summed E-state index contributed by atoms with van der Waals surface area (Å²) in [5.74, 6) is 0.914. The lowest BCUT2D eigenvalue weighted by Gasteiger charge is -2.55. The average Bonchev–Trinajstić information content (AvgIpc) is 2.78. The molecule has 1 spiro atoms. The van der Waals surface area contributed by atoms with E-state index in [1.807, 2.05) is 6.07 Å². The maximum Gasteiger partial charge on any atom is 0.119 e. The van der Waals surface area contributed by atoms with Crippen molar-refractivity contribution in [2.45, 2.75) is 19.1 Å². The van der Waals surface area contributed by atoms with Crippen molar-refractivity contribution in [1.82, 2.24) is 9.88 Å². The van der Waals surface area contributed by atoms with Crippen LogP contribution >= 0.6 is 0 Å². The number of ether oxygens (including phenoxy) is 2. The van der Waals surface area contributed by atoms with Crippen LogP contribution in [0.5, 0.6) is 5.75 Å². The molecular formula is C16H20N2O2. The van der Waals surface area contributed by atoms with E-state index < -0.39 is 0 Å². The minimum atomic E-state index is 0.430. The van der Waals surface area contributed by atoms with Crippen molar-refractivity contribution >= 4 is 10.9 Å². The Hall–Kier alpha value is -1.52. The molecule has 2 aromatic rings. The molecule has 0 saturated carbocycles. The standard InChI is InChI=1S/C16H20N2O2/c1-19-13-2-3-14-12(8-13)4-6-18(14)7-5-15-16(11-20-15)9-17-10-16/h2-4,6,8,15,17H,5,7,9-11H2,1H3. The Morgan fingerprint density at radius 3 is 2.95 bits per heavy atom. The highest BCUT2D eigenvalue weighted by molar-refractivity contribution is 5.81. The molecule has 1 aromatic carbocycles. The average molecular weight is 272 g/mol. The molecular weight excluding hydrogens is 252 g/mol. The molecule has 20 heavy (non-hydrogen) atoms. The zero-order valence-corrected chi connectivity index (χ0v) is 11.8. The summed E-state index contributed by atoms with van der Waals surface area (Å²) < 4.78 is 13.3. The van der Waals surface area contributed by atoms with Crippen LogP contribution in [0.15, 0.2) is 30.5 Å². The monoisotopic (exact) mass is 272 g/mol. The minimum absolute atomic E-state index is 0.430. The number of hydrogen-bond donors (Lipinski definition) is 1. The number of aromatic nitrogens is 1. The van der Waals surface area contributed by atoms with E-state index in [1.54, 1.807) is 7.11 Å². The summed E-state index contributed by atoms with van der Waals surface area (Å²) in [6, 6.07) is 8.40. The van der Waals surface area contributed by atoms with E-state index in [0.717, 1.165) is 38.4 Å². The second kappa shape index (κ2) is 4.50. The summed E-state index contributed by atoms with van der Waals surface area (Å²) in [5, 5.41) is 4.60. The Morgan fingerprint density at radius 1 is 1.40 bits per heavy atom. The van der Waals surface area contributed by atoms with Crippen molar-refractivity contribution < 1.29 is 9.47 Å². The Morgan fingerprint density at radius 2 is 2.30 bits per heavy atom. The summed E-state index contributed by atoms with van der Waals surface area (Å²) in [6.45, 7) is 4.21. The number of rotatable bonds is 4. The number of benzene rings is 1. The summed E-state index contributed by atoms with van der Waals surface area (Å²) in [6.07, 6.45) is 3.69. The summed E-state index contributed by atoms with van der Waals surface area (Å²) in [4.78, 5) is 0. The van der Waals surface area contributed by atoms with E-state index >= 15 is 0 Å². The fourth-order valence-electron chi connectivity index (χ4n) is 3.36. The van der Waals surface area contributed by atoms with Gasteiger partial charge >= 0.3 is 0 Å². The Kier molecular flexibility index (Phi) is 2.75. The van der Waals surface area contributed by atoms with Gasteiger partial charge in [0.25, 0.3) is 0 Å². The van der Waals surface area contributed by atoms with E-state index in [4.69, 9.17) is 9.47 Å². The van der Waals surface area contributed by atoms with Crippen molar-refractivity contribution in [1.29, 1.82) is 0 Å². The van der Waals surface area contributed by atoms with E-state index in [2.05, 4.69) is 34.3 Å². The minimum Gasteiger partial charge on any atom is -0.497 e. The van der Waals surface area contributed by atoms with Gasteiger partial charge in [0.05, 0.1) is 19.8 Å². The highest BCUT2D eigenvalue weighted by Gasteiger charge is 2.52. The van der Waals surface area contributed by atoms with Gasteiger partial charge in [0.1, 0.15) is 5.75 Å². The SMILES string of the molecule is COc1ccc2c(ccn2CCC2OCC23CNC3)c1. The highest BCUT2D eigenvalue weighted by Crippen LogP contribution is 2.40. The van der Waals surface area contributed by atoms with Gasteiger partial charge in [0, 0.05) is 42.1 Å². The predicted octanol–water partition coefficient (Wildman–Crippen LogP) is 2.03. The summed E-state index contributed by atoms with van der Waals surface area (Å²) in [7, 11) is 1.71. The largest absolute Gasteiger partial charge is 0.497 e. The normalized spacial score (nSPS) is 23.6. The molecule has 1 atom stereocenters. The van der Waals surface area contributed by atoms with Crippen LogP contribution in [0.1, 0.15) is 6.42 Å². The molecule has 2 aliphatic rings. The maximum absolute atomic E-state index is 5.76. The second-order valence-corrected chi connectivity index (χ2v) is 5.99. The van der Waals surface area contributed by atoms with Gasteiger partial charge in [-0.1, -0.05) is 0 Å². The molecule has 1 N–H and O–H groups in total. The number of fused-ring (bicyclic) bond motifs is 1. The van der Waals surface area contributed by atoms with Crippen LogP contribution in [0.4, 0.5) is 0 Å². The van der Waals surface area contributed by atoms with Gasteiger partial charge in [0.2, 0.25) is 0 Å². The Balaban J connectivity index is 1.49. The van der Waals surface area contributed by atoms with Crippen molar-refractivity contribution in [3.8, 4) is 5.75 Å². The molecule has 0 amide bonds. The van der Waals surface area contributed by atoms with Crippen LogP contribution in [-0.2, 0) is 11.3 Å². The molecule has 2 aliphatic heterocycles. The lowest BCUT2D eigenvalue weighted by molar-refractivity contribution is -0.211. The Labute approximate surface area is 118 Å². The van der Waals surface area contributed by atoms with Crippen molar-refractivity contribution in [2.75, 3.05) is 26.8 Å². The van der Waals surface area contributed by atoms with Crippen LogP contribution in [-0.4, -0.2) is 37.5 Å². The molecule has 3 heterocycles. The van der Waals surface area contributed by atoms with Crippen LogP contribution in [0, 0.1) is 5.41 Å². The van der Waals surface area contributed by atoms with Crippen LogP contribution in [0.25, 0.3) is 10.9 Å². The van der Waals surface area contributed by atoms with Crippen LogP contribution in [0.3, 0.4) is 0 Å². The van der Waals surface area contributed by atoms with Gasteiger partial charge in [-0.3, -0.25) is 0 Å². The fourth-order valence-corrected chi connectivity index (χ4v) is 3.36. The van der Waals surface area contributed by atoms with Gasteiger partial charge in [-0.2, -0.15) is 0 Å². The molecule has 1 unspecified atom stereocenters. The molecule has 4 heteroatoms. The van der Waals surface area contributed by atoms with Crippen molar-refractivity contribution in [2.24, 2.45) is 5.41 Å². The third kappa shape index (κ3) is 1.75. The first-order valence-corrected chi connectivity index (χ1v) is 7.26. The topological polar surface area (TPSA) is 35.4 Å². The first-order chi connectivity index (χ1) is 9.81. The van der Waals surface area contributed by atoms with E-state index in [-0.39, 0.29) is 0 Å². The van der Waals surface area contributed by atoms with Crippen molar-refractivity contribution in [3.05, 3.63) is 30.5 Å². The molecule has 2 fully saturated rings. The zero-order valence-electron chi connectivity index (χ0n) is 11.8. The number of nitrogens with one attached hydrogen (secondary N) is 1. The third-order valence-corrected chi connectivity index (χ3v) is 4.82. The number of aryl methyl sites for hydroxylation is 1. The van der Waals surface area contributed by atoms with Gasteiger partial charge in [-0.25, -0.2) is 0 Å². The molecule has 2 saturated heterocycles. The zero-order chi connectivity index (χ0) is 13.6. The third-order valence-electron chi connectivity index (χ3n) is 4.82. The van der Waals surface area contributed by atoms with Gasteiger partial charge < -0.3 is 19.4 Å². The highest BCUT2D eigenvalue weighted by atomic mass is 16.5. The first kappa shape index (κ1) is 12.2. The summed E-state index contributed by atoms with van der Waals surface area (Å²) >= 11 is 0. The first-order valence-electron chi connectivity index (χ1n) is 7.26. The molecule has 0 radical (unpaired) electrons. The van der Waals surface area contributed by atoms with Crippen molar-refractivity contribution in [3.63, 3.8) is 0 Å². The molecule has 1 aromatic heterocycles. The molecule has 4 rings (SSSR count). The molecule has 0 bridgehead atoms. The fraction of sp³-hybridized carbons (Fsp3) is 0.500. The van der Waals surface area contributed by atoms with E-state index in [9.17, 15) is 0 Å². The second-order valence-electron chi connectivity index (χ2n) is 5.99. The predicted molar refractivity (Wildman–Crippen MR) is 78.1 cm³/mol. The quantitative estimate of drug-likeness (QED) is 0.925. The number of hydrogen-bond acceptors (Lipinski definition) is 3. The van der Waals surface area contributed by atoms with Gasteiger partial charge in [-0.05, 0) is 30.7 Å². The lowest BCUT2D eigenvalue weighted by atomic mass is 9.72. The Bertz CT molecular complexity index is 625. The molecule has 106 valence electrons. The summed E-state index contributed by atoms with van der Waals surface area (Å²) in [5.41, 5.74) is 1.72. The smallest absolute Gasteiger partial charge is 0.119 e. The van der Waals surface area contributed by atoms with Gasteiger partial charge in [0.15, 0.2) is 0 Å². The molecule has 0 aliphatic carbocycles. The maximum atomic E-state index is 5.76. The van der Waals surface area contributed by atoms with Crippen LogP contribution < -0.4 is 10.1 Å². The number of methoxy groups -OCH3 is 1. The van der Waals surface area contributed by atoms with Gasteiger partial charge in [-0.15, -0.1) is 0 Å². The molecule has 4 nitrogen and oxygen atoms in total. The van der Waals surface area contributed by atoms with Crippen LogP contribution in [0.2, 0.25) is 0 Å². The lowest BCUT2D eigenvalue weighted by Crippen LogP contribution is -2.69. The number of nitrogens with zero attached hydrogens (tertiary/aromatic N) is 1. The van der Waals surface area contributed by atoms with E-state index in [1.165, 1.54) is 10.9 Å². The van der Waals surface area contributed by atoms with E-state index in [0.29, 0.717) is 11.5 Å².